The third kappa shape index (κ3) is 4.53. The van der Waals surface area contributed by atoms with Crippen LogP contribution in [0.4, 0.5) is 0 Å². The van der Waals surface area contributed by atoms with E-state index in [1.165, 1.54) is 16.7 Å². The Morgan fingerprint density at radius 1 is 0.842 bits per heavy atom. The van der Waals surface area contributed by atoms with Crippen LogP contribution in [-0.2, 0) is 0 Å². The second-order valence-corrected chi connectivity index (χ2v) is 13.9. The molecule has 2 aromatic rings. The van der Waals surface area contributed by atoms with Crippen LogP contribution in [0.15, 0.2) is 54.6 Å². The number of hydrogen-bond donors (Lipinski definition) is 0. The quantitative estimate of drug-likeness (QED) is 0.469. The first-order valence-corrected chi connectivity index (χ1v) is 11.4. The predicted octanol–water partition coefficient (Wildman–Crippen LogP) is 6.11. The summed E-state index contributed by atoms with van der Waals surface area (Å²) in [6.07, 6.45) is 0. The minimum atomic E-state index is -2.56. The van der Waals surface area contributed by atoms with Gasteiger partial charge in [0, 0.05) is 0 Å². The molecule has 2 aromatic carbocycles. The van der Waals surface area contributed by atoms with Crippen molar-refractivity contribution in [3.8, 4) is 11.1 Å². The molecule has 1 atom stereocenters. The summed E-state index contributed by atoms with van der Waals surface area (Å²) in [6.45, 7) is 2.10. The topological polar surface area (TPSA) is 0 Å². The molecule has 0 N–H and O–H groups in total. The molecule has 4 heteroatoms. The van der Waals surface area contributed by atoms with Crippen molar-refractivity contribution in [3.63, 3.8) is 0 Å². The van der Waals surface area contributed by atoms with E-state index < -0.39 is 6.00 Å². The van der Waals surface area contributed by atoms with Gasteiger partial charge >= 0.3 is 6.00 Å². The Bertz CT molecular complexity index is 517. The van der Waals surface area contributed by atoms with Gasteiger partial charge in [0.05, 0.1) is 0 Å². The monoisotopic (exact) mass is 328 g/mol. The maximum absolute atomic E-state index is 5.97. The van der Waals surface area contributed by atoms with Gasteiger partial charge in [0.1, 0.15) is 0 Å². The molecular weight excluding hydrogens is 315 g/mol. The third-order valence-corrected chi connectivity index (χ3v) is 5.59. The van der Waals surface area contributed by atoms with Crippen LogP contribution < -0.4 is 0 Å². The zero-order chi connectivity index (χ0) is 13.9. The Hall–Kier alpha value is -0.473. The molecule has 0 heterocycles. The smallest absolute Gasteiger partial charge is 0.126 e. The number of rotatable bonds is 4. The molecule has 0 nitrogen and oxygen atoms in total. The third-order valence-electron chi connectivity index (χ3n) is 3.12. The van der Waals surface area contributed by atoms with Crippen molar-refractivity contribution in [1.29, 1.82) is 0 Å². The molecule has 1 unspecified atom stereocenters. The highest BCUT2D eigenvalue weighted by Gasteiger charge is 2.28. The maximum atomic E-state index is 5.97. The number of benzene rings is 2. The Morgan fingerprint density at radius 3 is 1.89 bits per heavy atom. The van der Waals surface area contributed by atoms with Crippen molar-refractivity contribution in [2.24, 2.45) is 0 Å². The second-order valence-electron chi connectivity index (χ2n) is 4.71. The van der Waals surface area contributed by atoms with E-state index in [-0.39, 0.29) is 5.92 Å². The summed E-state index contributed by atoms with van der Waals surface area (Å²) >= 11 is 17.9. The lowest BCUT2D eigenvalue weighted by atomic mass is 9.99. The molecule has 0 saturated heterocycles. The molecule has 0 aliphatic rings. The van der Waals surface area contributed by atoms with Crippen molar-refractivity contribution in [3.05, 3.63) is 60.2 Å². The first kappa shape index (κ1) is 14.9. The molecule has 0 bridgehead atoms. The number of halogens is 3. The van der Waals surface area contributed by atoms with Crippen LogP contribution in [0.25, 0.3) is 11.1 Å². The van der Waals surface area contributed by atoms with Crippen LogP contribution in [0.1, 0.15) is 18.4 Å². The summed E-state index contributed by atoms with van der Waals surface area (Å²) in [7, 11) is 0. The van der Waals surface area contributed by atoms with Crippen LogP contribution >= 0.6 is 33.2 Å². The summed E-state index contributed by atoms with van der Waals surface area (Å²) < 4.78 is 0. The van der Waals surface area contributed by atoms with E-state index in [0.717, 1.165) is 0 Å². The van der Waals surface area contributed by atoms with Crippen LogP contribution in [-0.4, -0.2) is 6.00 Å². The van der Waals surface area contributed by atoms with Gasteiger partial charge in [-0.05, 0) is 28.7 Å². The van der Waals surface area contributed by atoms with E-state index in [1.54, 1.807) is 0 Å². The molecule has 2 rings (SSSR count). The van der Waals surface area contributed by atoms with E-state index in [0.29, 0.717) is 6.04 Å². The van der Waals surface area contributed by atoms with Crippen LogP contribution in [0, 0.1) is 0 Å². The first-order valence-electron chi connectivity index (χ1n) is 6.18. The summed E-state index contributed by atoms with van der Waals surface area (Å²) in [5.41, 5.74) is 3.65. The maximum Gasteiger partial charge on any atom is 0.342 e. The van der Waals surface area contributed by atoms with E-state index in [9.17, 15) is 0 Å². The molecule has 0 fully saturated rings. The lowest BCUT2D eigenvalue weighted by Gasteiger charge is -2.16. The van der Waals surface area contributed by atoms with E-state index >= 15 is 0 Å². The van der Waals surface area contributed by atoms with Gasteiger partial charge in [0.25, 0.3) is 0 Å². The van der Waals surface area contributed by atoms with Gasteiger partial charge in [-0.25, -0.2) is 0 Å². The van der Waals surface area contributed by atoms with E-state index in [1.807, 2.05) is 18.2 Å². The van der Waals surface area contributed by atoms with E-state index in [2.05, 4.69) is 43.3 Å². The Kier molecular flexibility index (Phi) is 4.96. The molecular formula is C15H15Cl3Si. The molecule has 0 amide bonds. The summed E-state index contributed by atoms with van der Waals surface area (Å²) in [6, 6.07) is 16.9. The Balaban J connectivity index is 2.15. The lowest BCUT2D eigenvalue weighted by Crippen LogP contribution is -2.12. The largest absolute Gasteiger partial charge is 0.342 e. The highest BCUT2D eigenvalue weighted by molar-refractivity contribution is 7.64. The highest BCUT2D eigenvalue weighted by atomic mass is 35.8. The zero-order valence-electron chi connectivity index (χ0n) is 10.6. The second kappa shape index (κ2) is 6.32. The van der Waals surface area contributed by atoms with Crippen molar-refractivity contribution in [2.75, 3.05) is 0 Å². The Morgan fingerprint density at radius 2 is 1.37 bits per heavy atom. The van der Waals surface area contributed by atoms with Crippen molar-refractivity contribution < 1.29 is 0 Å². The fourth-order valence-corrected chi connectivity index (χ4v) is 5.11. The molecule has 0 aromatic heterocycles. The van der Waals surface area contributed by atoms with Crippen molar-refractivity contribution in [1.82, 2.24) is 0 Å². The predicted molar refractivity (Wildman–Crippen MR) is 88.4 cm³/mol. The fraction of sp³-hybridized carbons (Fsp3) is 0.200. The summed E-state index contributed by atoms with van der Waals surface area (Å²) in [5, 5.41) is 0. The van der Waals surface area contributed by atoms with Gasteiger partial charge in [-0.2, -0.15) is 0 Å². The molecule has 0 saturated carbocycles. The Labute approximate surface area is 129 Å². The normalized spacial score (nSPS) is 13.3. The SMILES string of the molecule is CC(C[Si](Cl)(Cl)Cl)c1ccc(-c2ccccc2)cc1. The van der Waals surface area contributed by atoms with Gasteiger partial charge in [-0.1, -0.05) is 61.5 Å². The molecule has 19 heavy (non-hydrogen) atoms. The van der Waals surface area contributed by atoms with E-state index in [4.69, 9.17) is 33.2 Å². The molecule has 0 aliphatic heterocycles. The average molecular weight is 330 g/mol. The number of hydrogen-bond acceptors (Lipinski definition) is 0. The molecule has 0 spiro atoms. The average Bonchev–Trinajstić information content (AvgIpc) is 2.38. The van der Waals surface area contributed by atoms with Gasteiger partial charge in [0.2, 0.25) is 0 Å². The minimum Gasteiger partial charge on any atom is -0.126 e. The van der Waals surface area contributed by atoms with Gasteiger partial charge in [0.15, 0.2) is 0 Å². The lowest BCUT2D eigenvalue weighted by molar-refractivity contribution is 0.859. The molecule has 100 valence electrons. The van der Waals surface area contributed by atoms with Crippen LogP contribution in [0.5, 0.6) is 0 Å². The summed E-state index contributed by atoms with van der Waals surface area (Å²) in [4.78, 5) is 0. The van der Waals surface area contributed by atoms with Crippen LogP contribution in [0.2, 0.25) is 6.04 Å². The molecule has 0 aliphatic carbocycles. The minimum absolute atomic E-state index is 0.281. The standard InChI is InChI=1S/C15H15Cl3Si/c1-12(11-19(16,17)18)13-7-9-15(10-8-13)14-5-3-2-4-6-14/h2-10,12H,11H2,1H3. The van der Waals surface area contributed by atoms with Crippen molar-refractivity contribution >= 4 is 39.2 Å². The van der Waals surface area contributed by atoms with Gasteiger partial charge in [-0.15, -0.1) is 33.2 Å². The fourth-order valence-electron chi connectivity index (χ4n) is 2.10. The first-order chi connectivity index (χ1) is 8.96. The van der Waals surface area contributed by atoms with Gasteiger partial charge in [-0.3, -0.25) is 0 Å². The van der Waals surface area contributed by atoms with Crippen molar-refractivity contribution in [2.45, 2.75) is 18.9 Å². The summed E-state index contributed by atoms with van der Waals surface area (Å²) in [5.74, 6) is 0.281. The van der Waals surface area contributed by atoms with Gasteiger partial charge < -0.3 is 0 Å². The zero-order valence-corrected chi connectivity index (χ0v) is 13.9. The highest BCUT2D eigenvalue weighted by Crippen LogP contribution is 2.34. The molecule has 0 radical (unpaired) electrons. The van der Waals surface area contributed by atoms with Crippen LogP contribution in [0.3, 0.4) is 0 Å².